The van der Waals surface area contributed by atoms with Gasteiger partial charge in [0.1, 0.15) is 0 Å². The highest BCUT2D eigenvalue weighted by Gasteiger charge is 2.19. The summed E-state index contributed by atoms with van der Waals surface area (Å²) < 4.78 is 0. The van der Waals surface area contributed by atoms with Crippen LogP contribution in [-0.2, 0) is 0 Å². The maximum atomic E-state index is 5.85. The molecule has 0 amide bonds. The van der Waals surface area contributed by atoms with E-state index in [0.29, 0.717) is 11.8 Å². The highest BCUT2D eigenvalue weighted by Crippen LogP contribution is 2.32. The van der Waals surface area contributed by atoms with E-state index in [0.717, 1.165) is 5.70 Å². The van der Waals surface area contributed by atoms with E-state index in [1.54, 1.807) is 0 Å². The Kier molecular flexibility index (Phi) is 2.63. The van der Waals surface area contributed by atoms with Gasteiger partial charge in [-0.2, -0.15) is 0 Å². The molecule has 0 bridgehead atoms. The number of aryl methyl sites for hydroxylation is 1. The fourth-order valence-corrected chi connectivity index (χ4v) is 2.13. The van der Waals surface area contributed by atoms with Crippen LogP contribution < -0.4 is 5.73 Å². The van der Waals surface area contributed by atoms with Crippen molar-refractivity contribution in [1.82, 2.24) is 0 Å². The standard InChI is InChI=1S/C14H17N/c1-10-5-3-4-6-13(10)14-9-12(15)8-7-11(14)2/h3-9,11,14H,15H2,1-2H3. The largest absolute Gasteiger partial charge is 0.399 e. The average molecular weight is 199 g/mol. The minimum Gasteiger partial charge on any atom is -0.399 e. The van der Waals surface area contributed by atoms with E-state index in [9.17, 15) is 0 Å². The van der Waals surface area contributed by atoms with Gasteiger partial charge in [0, 0.05) is 11.6 Å². The zero-order valence-corrected chi connectivity index (χ0v) is 9.27. The molecule has 1 aliphatic carbocycles. The molecule has 78 valence electrons. The van der Waals surface area contributed by atoms with Gasteiger partial charge in [-0.3, -0.25) is 0 Å². The molecular weight excluding hydrogens is 182 g/mol. The number of nitrogens with two attached hydrogens (primary N) is 1. The second-order valence-electron chi connectivity index (χ2n) is 4.27. The Morgan fingerprint density at radius 1 is 1.20 bits per heavy atom. The van der Waals surface area contributed by atoms with Crippen LogP contribution in [0, 0.1) is 12.8 Å². The van der Waals surface area contributed by atoms with Crippen molar-refractivity contribution in [3.63, 3.8) is 0 Å². The second-order valence-corrected chi connectivity index (χ2v) is 4.27. The number of rotatable bonds is 1. The van der Waals surface area contributed by atoms with Gasteiger partial charge in [0.15, 0.2) is 0 Å². The SMILES string of the molecule is Cc1ccccc1C1C=C(N)C=CC1C. The molecule has 2 unspecified atom stereocenters. The zero-order valence-electron chi connectivity index (χ0n) is 9.27. The monoisotopic (exact) mass is 199 g/mol. The van der Waals surface area contributed by atoms with Gasteiger partial charge in [-0.25, -0.2) is 0 Å². The van der Waals surface area contributed by atoms with Crippen molar-refractivity contribution >= 4 is 0 Å². The first-order chi connectivity index (χ1) is 7.18. The van der Waals surface area contributed by atoms with Gasteiger partial charge in [0.05, 0.1) is 0 Å². The molecule has 0 fully saturated rings. The van der Waals surface area contributed by atoms with Crippen molar-refractivity contribution in [2.45, 2.75) is 19.8 Å². The summed E-state index contributed by atoms with van der Waals surface area (Å²) in [5.41, 5.74) is 9.45. The topological polar surface area (TPSA) is 26.0 Å². The molecule has 0 saturated carbocycles. The van der Waals surface area contributed by atoms with Crippen LogP contribution in [0.3, 0.4) is 0 Å². The van der Waals surface area contributed by atoms with E-state index in [2.05, 4.69) is 50.3 Å². The summed E-state index contributed by atoms with van der Waals surface area (Å²) in [7, 11) is 0. The van der Waals surface area contributed by atoms with E-state index in [1.165, 1.54) is 11.1 Å². The van der Waals surface area contributed by atoms with Crippen LogP contribution in [0.1, 0.15) is 24.0 Å². The Labute approximate surface area is 91.3 Å². The molecule has 0 saturated heterocycles. The van der Waals surface area contributed by atoms with Gasteiger partial charge in [-0.15, -0.1) is 0 Å². The summed E-state index contributed by atoms with van der Waals surface area (Å²) in [6.07, 6.45) is 6.35. The Balaban J connectivity index is 2.39. The zero-order chi connectivity index (χ0) is 10.8. The van der Waals surface area contributed by atoms with Crippen LogP contribution in [0.4, 0.5) is 0 Å². The maximum Gasteiger partial charge on any atom is 0.0276 e. The van der Waals surface area contributed by atoms with E-state index < -0.39 is 0 Å². The quantitative estimate of drug-likeness (QED) is 0.739. The van der Waals surface area contributed by atoms with Crippen LogP contribution >= 0.6 is 0 Å². The summed E-state index contributed by atoms with van der Waals surface area (Å²) in [5.74, 6) is 0.953. The Morgan fingerprint density at radius 2 is 1.93 bits per heavy atom. The lowest BCUT2D eigenvalue weighted by atomic mass is 9.82. The normalized spacial score (nSPS) is 25.1. The highest BCUT2D eigenvalue weighted by molar-refractivity contribution is 5.37. The van der Waals surface area contributed by atoms with Crippen molar-refractivity contribution in [3.8, 4) is 0 Å². The lowest BCUT2D eigenvalue weighted by Gasteiger charge is -2.23. The second kappa shape index (κ2) is 3.93. The fraction of sp³-hybridized carbons (Fsp3) is 0.286. The summed E-state index contributed by atoms with van der Waals surface area (Å²) in [4.78, 5) is 0. The minimum absolute atomic E-state index is 0.427. The van der Waals surface area contributed by atoms with E-state index in [1.807, 2.05) is 6.08 Å². The Hall–Kier alpha value is -1.50. The van der Waals surface area contributed by atoms with E-state index >= 15 is 0 Å². The van der Waals surface area contributed by atoms with Gasteiger partial charge in [-0.05, 0) is 30.0 Å². The molecule has 0 spiro atoms. The average Bonchev–Trinajstić information content (AvgIpc) is 2.23. The lowest BCUT2D eigenvalue weighted by molar-refractivity contribution is 0.627. The maximum absolute atomic E-state index is 5.85. The van der Waals surface area contributed by atoms with Gasteiger partial charge in [0.2, 0.25) is 0 Å². The number of hydrogen-bond acceptors (Lipinski definition) is 1. The van der Waals surface area contributed by atoms with Crippen molar-refractivity contribution in [3.05, 3.63) is 59.3 Å². The first kappa shape index (κ1) is 10.0. The van der Waals surface area contributed by atoms with Crippen LogP contribution in [-0.4, -0.2) is 0 Å². The van der Waals surface area contributed by atoms with Gasteiger partial charge < -0.3 is 5.73 Å². The molecule has 0 radical (unpaired) electrons. The summed E-state index contributed by atoms with van der Waals surface area (Å²) in [6, 6.07) is 8.52. The summed E-state index contributed by atoms with van der Waals surface area (Å²) >= 11 is 0. The van der Waals surface area contributed by atoms with Crippen molar-refractivity contribution in [1.29, 1.82) is 0 Å². The van der Waals surface area contributed by atoms with E-state index in [-0.39, 0.29) is 0 Å². The molecule has 2 atom stereocenters. The predicted octanol–water partition coefficient (Wildman–Crippen LogP) is 3.13. The molecule has 15 heavy (non-hydrogen) atoms. The van der Waals surface area contributed by atoms with Crippen LogP contribution in [0.2, 0.25) is 0 Å². The smallest absolute Gasteiger partial charge is 0.0276 e. The number of hydrogen-bond donors (Lipinski definition) is 1. The molecule has 1 nitrogen and oxygen atoms in total. The predicted molar refractivity (Wildman–Crippen MR) is 64.5 cm³/mol. The van der Waals surface area contributed by atoms with Crippen molar-refractivity contribution in [2.24, 2.45) is 11.7 Å². The third kappa shape index (κ3) is 1.96. The Bertz CT molecular complexity index is 415. The van der Waals surface area contributed by atoms with Crippen LogP contribution in [0.15, 0.2) is 48.2 Å². The first-order valence-electron chi connectivity index (χ1n) is 5.39. The molecule has 2 rings (SSSR count). The Morgan fingerprint density at radius 3 is 2.67 bits per heavy atom. The van der Waals surface area contributed by atoms with Crippen molar-refractivity contribution < 1.29 is 0 Å². The molecule has 1 aromatic carbocycles. The fourth-order valence-electron chi connectivity index (χ4n) is 2.13. The lowest BCUT2D eigenvalue weighted by Crippen LogP contribution is -2.13. The highest BCUT2D eigenvalue weighted by atomic mass is 14.6. The molecule has 2 N–H and O–H groups in total. The molecule has 1 heteroatoms. The molecule has 0 aliphatic heterocycles. The summed E-state index contributed by atoms with van der Waals surface area (Å²) in [5, 5.41) is 0. The minimum atomic E-state index is 0.427. The van der Waals surface area contributed by atoms with Gasteiger partial charge >= 0.3 is 0 Å². The van der Waals surface area contributed by atoms with Crippen molar-refractivity contribution in [2.75, 3.05) is 0 Å². The van der Waals surface area contributed by atoms with E-state index in [4.69, 9.17) is 5.73 Å². The molecule has 0 aromatic heterocycles. The third-order valence-electron chi connectivity index (χ3n) is 3.08. The van der Waals surface area contributed by atoms with Crippen LogP contribution in [0.5, 0.6) is 0 Å². The van der Waals surface area contributed by atoms with Gasteiger partial charge in [-0.1, -0.05) is 43.3 Å². The molecule has 0 heterocycles. The summed E-state index contributed by atoms with van der Waals surface area (Å²) in [6.45, 7) is 4.39. The number of benzene rings is 1. The first-order valence-corrected chi connectivity index (χ1v) is 5.39. The third-order valence-corrected chi connectivity index (χ3v) is 3.08. The molecule has 1 aromatic rings. The molecular formula is C14H17N. The number of allylic oxidation sites excluding steroid dienone is 3. The van der Waals surface area contributed by atoms with Crippen LogP contribution in [0.25, 0.3) is 0 Å². The molecule has 1 aliphatic rings. The van der Waals surface area contributed by atoms with Gasteiger partial charge in [0.25, 0.3) is 0 Å².